The highest BCUT2D eigenvalue weighted by molar-refractivity contribution is 5.88. The van der Waals surface area contributed by atoms with E-state index in [9.17, 15) is 9.59 Å². The Morgan fingerprint density at radius 3 is 2.17 bits per heavy atom. The summed E-state index contributed by atoms with van der Waals surface area (Å²) in [6.07, 6.45) is 5.03. The molecule has 2 atom stereocenters. The van der Waals surface area contributed by atoms with E-state index in [4.69, 9.17) is 9.84 Å². The highest BCUT2D eigenvalue weighted by Crippen LogP contribution is 2.65. The third-order valence-corrected chi connectivity index (χ3v) is 7.24. The highest BCUT2D eigenvalue weighted by Gasteiger charge is 2.55. The average Bonchev–Trinajstić information content (AvgIpc) is 3.21. The van der Waals surface area contributed by atoms with Gasteiger partial charge in [-0.15, -0.1) is 0 Å². The molecule has 1 spiro atoms. The van der Waals surface area contributed by atoms with Crippen LogP contribution in [0.5, 0.6) is 0 Å². The summed E-state index contributed by atoms with van der Waals surface area (Å²) < 4.78 is 5.57. The fourth-order valence-electron chi connectivity index (χ4n) is 5.23. The van der Waals surface area contributed by atoms with Crippen LogP contribution in [0.25, 0.3) is 11.1 Å². The summed E-state index contributed by atoms with van der Waals surface area (Å²) in [5.41, 5.74) is 4.16. The molecule has 2 saturated heterocycles. The minimum Gasteiger partial charge on any atom is -0.478 e. The van der Waals surface area contributed by atoms with Gasteiger partial charge in [-0.1, -0.05) is 36.4 Å². The number of carbonyl (C=O) groups is 2. The Morgan fingerprint density at radius 1 is 0.967 bits per heavy atom. The molecule has 1 aliphatic carbocycles. The Bertz CT molecular complexity index is 936. The number of carbonyl (C=O) groups excluding carboxylic acids is 1. The Hall–Kier alpha value is -2.66. The van der Waals surface area contributed by atoms with Gasteiger partial charge in [-0.05, 0) is 72.3 Å². The second-order valence-electron chi connectivity index (χ2n) is 8.95. The van der Waals surface area contributed by atoms with Gasteiger partial charge in [0.1, 0.15) is 6.10 Å². The van der Waals surface area contributed by atoms with Gasteiger partial charge in [0.2, 0.25) is 0 Å². The second kappa shape index (κ2) is 7.55. The normalized spacial score (nSPS) is 24.7. The van der Waals surface area contributed by atoms with Crippen LogP contribution in [-0.4, -0.2) is 47.7 Å². The van der Waals surface area contributed by atoms with Crippen molar-refractivity contribution in [2.75, 3.05) is 19.7 Å². The molecule has 2 aliphatic heterocycles. The van der Waals surface area contributed by atoms with Gasteiger partial charge in [0.25, 0.3) is 5.91 Å². The summed E-state index contributed by atoms with van der Waals surface area (Å²) in [6.45, 7) is 2.42. The van der Waals surface area contributed by atoms with E-state index in [1.165, 1.54) is 12.0 Å². The SMILES string of the molecule is O=C(O)c1ccc(-c2ccc([C@H]3CC34CCN(C(=O)[C@@H]3CCCO3)CC4)cc2)cc1. The lowest BCUT2D eigenvalue weighted by Crippen LogP contribution is -2.44. The van der Waals surface area contributed by atoms with Gasteiger partial charge in [-0.3, -0.25) is 4.79 Å². The predicted molar refractivity (Wildman–Crippen MR) is 113 cm³/mol. The molecule has 30 heavy (non-hydrogen) atoms. The third kappa shape index (κ3) is 3.52. The first-order valence-electron chi connectivity index (χ1n) is 10.9. The molecule has 2 aromatic carbocycles. The van der Waals surface area contributed by atoms with Crippen LogP contribution in [0.4, 0.5) is 0 Å². The summed E-state index contributed by atoms with van der Waals surface area (Å²) in [7, 11) is 0. The second-order valence-corrected chi connectivity index (χ2v) is 8.95. The smallest absolute Gasteiger partial charge is 0.335 e. The molecule has 3 fully saturated rings. The van der Waals surface area contributed by atoms with E-state index in [-0.39, 0.29) is 12.0 Å². The number of aromatic carboxylic acids is 1. The van der Waals surface area contributed by atoms with E-state index in [1.807, 2.05) is 17.0 Å². The van der Waals surface area contributed by atoms with Crippen LogP contribution in [0, 0.1) is 5.41 Å². The number of likely N-dealkylation sites (tertiary alicyclic amines) is 1. The van der Waals surface area contributed by atoms with Crippen molar-refractivity contribution in [2.45, 2.75) is 44.1 Å². The first-order chi connectivity index (χ1) is 14.6. The molecule has 2 aromatic rings. The average molecular weight is 405 g/mol. The molecule has 156 valence electrons. The van der Waals surface area contributed by atoms with Crippen LogP contribution < -0.4 is 0 Å². The van der Waals surface area contributed by atoms with Crippen molar-refractivity contribution in [1.82, 2.24) is 4.90 Å². The first kappa shape index (κ1) is 19.3. The van der Waals surface area contributed by atoms with Gasteiger partial charge in [0.05, 0.1) is 5.56 Å². The largest absolute Gasteiger partial charge is 0.478 e. The quantitative estimate of drug-likeness (QED) is 0.822. The molecule has 0 unspecified atom stereocenters. The number of hydrogen-bond donors (Lipinski definition) is 1. The molecule has 0 bridgehead atoms. The monoisotopic (exact) mass is 405 g/mol. The summed E-state index contributed by atoms with van der Waals surface area (Å²) >= 11 is 0. The third-order valence-electron chi connectivity index (χ3n) is 7.24. The molecule has 0 radical (unpaired) electrons. The number of amides is 1. The van der Waals surface area contributed by atoms with Crippen LogP contribution in [-0.2, 0) is 9.53 Å². The van der Waals surface area contributed by atoms with Gasteiger partial charge in [-0.2, -0.15) is 0 Å². The molecule has 3 aliphatic rings. The van der Waals surface area contributed by atoms with E-state index < -0.39 is 5.97 Å². The number of ether oxygens (including phenoxy) is 1. The highest BCUT2D eigenvalue weighted by atomic mass is 16.5. The molecule has 1 amide bonds. The zero-order valence-corrected chi connectivity index (χ0v) is 17.0. The van der Waals surface area contributed by atoms with Crippen LogP contribution >= 0.6 is 0 Å². The molecule has 1 saturated carbocycles. The van der Waals surface area contributed by atoms with Crippen molar-refractivity contribution in [2.24, 2.45) is 5.41 Å². The van der Waals surface area contributed by atoms with Gasteiger partial charge < -0.3 is 14.7 Å². The van der Waals surface area contributed by atoms with Crippen LogP contribution in [0.3, 0.4) is 0 Å². The van der Waals surface area contributed by atoms with E-state index in [0.29, 0.717) is 16.9 Å². The van der Waals surface area contributed by atoms with Crippen molar-refractivity contribution in [3.05, 3.63) is 59.7 Å². The van der Waals surface area contributed by atoms with E-state index in [1.54, 1.807) is 12.1 Å². The van der Waals surface area contributed by atoms with Crippen molar-refractivity contribution in [3.8, 4) is 11.1 Å². The number of benzene rings is 2. The maximum atomic E-state index is 12.6. The lowest BCUT2D eigenvalue weighted by Gasteiger charge is -2.34. The summed E-state index contributed by atoms with van der Waals surface area (Å²) in [4.78, 5) is 25.6. The van der Waals surface area contributed by atoms with Gasteiger partial charge >= 0.3 is 5.97 Å². The lowest BCUT2D eigenvalue weighted by atomic mass is 9.88. The van der Waals surface area contributed by atoms with Gasteiger partial charge in [0, 0.05) is 19.7 Å². The lowest BCUT2D eigenvalue weighted by molar-refractivity contribution is -0.142. The fraction of sp³-hybridized carbons (Fsp3) is 0.440. The first-order valence-corrected chi connectivity index (χ1v) is 10.9. The standard InChI is InChI=1S/C25H27NO4/c27-23(22-2-1-15-30-22)26-13-11-25(12-14-26)16-21(25)19-7-3-17(4-8-19)18-5-9-20(10-6-18)24(28)29/h3-10,21-22H,1-2,11-16H2,(H,28,29)/t21-,22+/m1/s1. The zero-order valence-electron chi connectivity index (χ0n) is 17.0. The number of rotatable bonds is 4. The Labute approximate surface area is 176 Å². The van der Waals surface area contributed by atoms with Crippen molar-refractivity contribution in [3.63, 3.8) is 0 Å². The van der Waals surface area contributed by atoms with Crippen LogP contribution in [0.2, 0.25) is 0 Å². The molecule has 0 aromatic heterocycles. The summed E-state index contributed by atoms with van der Waals surface area (Å²) in [5.74, 6) is -0.127. The Morgan fingerprint density at radius 2 is 1.60 bits per heavy atom. The zero-order chi connectivity index (χ0) is 20.7. The number of nitrogens with zero attached hydrogens (tertiary/aromatic N) is 1. The molecule has 2 heterocycles. The van der Waals surface area contributed by atoms with E-state index in [0.717, 1.165) is 56.5 Å². The van der Waals surface area contributed by atoms with Gasteiger partial charge in [-0.25, -0.2) is 4.79 Å². The molecule has 5 heteroatoms. The molecule has 5 nitrogen and oxygen atoms in total. The molecule has 5 rings (SSSR count). The minimum absolute atomic E-state index is 0.192. The van der Waals surface area contributed by atoms with Crippen LogP contribution in [0.15, 0.2) is 48.5 Å². The van der Waals surface area contributed by atoms with Crippen molar-refractivity contribution < 1.29 is 19.4 Å². The van der Waals surface area contributed by atoms with Crippen LogP contribution in [0.1, 0.15) is 53.9 Å². The van der Waals surface area contributed by atoms with Crippen molar-refractivity contribution in [1.29, 1.82) is 0 Å². The maximum absolute atomic E-state index is 12.6. The summed E-state index contributed by atoms with van der Waals surface area (Å²) in [6, 6.07) is 15.7. The molecule has 1 N–H and O–H groups in total. The Balaban J connectivity index is 1.21. The predicted octanol–water partition coefficient (Wildman–Crippen LogP) is 4.33. The number of hydrogen-bond acceptors (Lipinski definition) is 3. The number of carboxylic acid groups (broad SMARTS) is 1. The van der Waals surface area contributed by atoms with Crippen molar-refractivity contribution >= 4 is 11.9 Å². The maximum Gasteiger partial charge on any atom is 0.335 e. The number of piperidine rings is 1. The topological polar surface area (TPSA) is 66.8 Å². The van der Waals surface area contributed by atoms with E-state index >= 15 is 0 Å². The molecular formula is C25H27NO4. The Kier molecular flexibility index (Phi) is 4.86. The minimum atomic E-state index is -0.903. The number of carboxylic acids is 1. The van der Waals surface area contributed by atoms with Gasteiger partial charge in [0.15, 0.2) is 0 Å². The fourth-order valence-corrected chi connectivity index (χ4v) is 5.23. The van der Waals surface area contributed by atoms with E-state index in [2.05, 4.69) is 24.3 Å². The summed E-state index contributed by atoms with van der Waals surface area (Å²) in [5, 5.41) is 9.05. The molecular weight excluding hydrogens is 378 g/mol.